The van der Waals surface area contributed by atoms with Crippen LogP contribution in [0.1, 0.15) is 26.7 Å². The number of morpholine rings is 1. The average Bonchev–Trinajstić information content (AvgIpc) is 2.98. The van der Waals surface area contributed by atoms with E-state index in [0.29, 0.717) is 6.04 Å². The minimum absolute atomic E-state index is 0.500. The van der Waals surface area contributed by atoms with Gasteiger partial charge in [-0.1, -0.05) is 0 Å². The quantitative estimate of drug-likeness (QED) is 0.604. The highest BCUT2D eigenvalue weighted by molar-refractivity contribution is 5.80. The van der Waals surface area contributed by atoms with Crippen molar-refractivity contribution < 1.29 is 4.74 Å². The third kappa shape index (κ3) is 4.35. The number of aliphatic imine (C=N–C) groups is 1. The molecule has 0 saturated carbocycles. The second-order valence-corrected chi connectivity index (χ2v) is 5.39. The van der Waals surface area contributed by atoms with E-state index in [1.165, 1.54) is 12.8 Å². The number of ether oxygens (including phenoxy) is 1. The smallest absolute Gasteiger partial charge is 0.193 e. The molecule has 0 bridgehead atoms. The summed E-state index contributed by atoms with van der Waals surface area (Å²) in [5, 5.41) is 3.42. The summed E-state index contributed by atoms with van der Waals surface area (Å²) in [5.74, 6) is 1.10. The van der Waals surface area contributed by atoms with Crippen molar-refractivity contribution in [1.82, 2.24) is 15.1 Å². The van der Waals surface area contributed by atoms with Crippen molar-refractivity contribution in [3.8, 4) is 0 Å². The van der Waals surface area contributed by atoms with Crippen LogP contribution in [0, 0.1) is 0 Å². The van der Waals surface area contributed by atoms with Gasteiger partial charge in [-0.05, 0) is 26.7 Å². The molecular formula is C14H28N4O. The number of nitrogens with one attached hydrogen (secondary N) is 1. The number of rotatable bonds is 4. The minimum Gasteiger partial charge on any atom is -0.379 e. The van der Waals surface area contributed by atoms with Crippen molar-refractivity contribution in [1.29, 1.82) is 0 Å². The fourth-order valence-electron chi connectivity index (χ4n) is 2.71. The summed E-state index contributed by atoms with van der Waals surface area (Å²) in [5.41, 5.74) is 0. The van der Waals surface area contributed by atoms with Gasteiger partial charge in [-0.2, -0.15) is 0 Å². The first-order chi connectivity index (χ1) is 9.31. The summed E-state index contributed by atoms with van der Waals surface area (Å²) in [6.07, 6.45) is 2.59. The van der Waals surface area contributed by atoms with E-state index in [1.54, 1.807) is 0 Å². The number of likely N-dealkylation sites (tertiary alicyclic amines) is 1. The topological polar surface area (TPSA) is 40.1 Å². The van der Waals surface area contributed by atoms with E-state index < -0.39 is 0 Å². The van der Waals surface area contributed by atoms with Gasteiger partial charge in [0.25, 0.3) is 0 Å². The molecule has 0 aromatic heterocycles. The molecule has 2 rings (SSSR count). The molecule has 2 heterocycles. The highest BCUT2D eigenvalue weighted by atomic mass is 16.5. The Labute approximate surface area is 117 Å². The first-order valence-electron chi connectivity index (χ1n) is 7.66. The van der Waals surface area contributed by atoms with Crippen molar-refractivity contribution in [2.45, 2.75) is 32.7 Å². The zero-order valence-corrected chi connectivity index (χ0v) is 12.4. The van der Waals surface area contributed by atoms with Crippen LogP contribution in [-0.2, 0) is 4.74 Å². The van der Waals surface area contributed by atoms with E-state index in [0.717, 1.165) is 58.4 Å². The van der Waals surface area contributed by atoms with E-state index in [9.17, 15) is 0 Å². The molecule has 0 spiro atoms. The van der Waals surface area contributed by atoms with Gasteiger partial charge in [-0.3, -0.25) is 9.89 Å². The molecule has 0 amide bonds. The van der Waals surface area contributed by atoms with Crippen LogP contribution < -0.4 is 5.32 Å². The van der Waals surface area contributed by atoms with Gasteiger partial charge in [0.05, 0.1) is 19.8 Å². The van der Waals surface area contributed by atoms with Crippen molar-refractivity contribution in [3.63, 3.8) is 0 Å². The van der Waals surface area contributed by atoms with Gasteiger partial charge >= 0.3 is 0 Å². The zero-order chi connectivity index (χ0) is 13.5. The Bertz CT molecular complexity index is 283. The van der Waals surface area contributed by atoms with Gasteiger partial charge in [-0.15, -0.1) is 0 Å². The lowest BCUT2D eigenvalue weighted by molar-refractivity contribution is 0.0220. The van der Waals surface area contributed by atoms with Crippen LogP contribution in [0.2, 0.25) is 0 Å². The van der Waals surface area contributed by atoms with E-state index in [2.05, 4.69) is 29.0 Å². The second-order valence-electron chi connectivity index (χ2n) is 5.39. The van der Waals surface area contributed by atoms with E-state index in [1.807, 2.05) is 0 Å². The second kappa shape index (κ2) is 7.70. The SMILES string of the molecule is CCNC(=NCC(C)N1CCOCC1)N1CCCC1. The van der Waals surface area contributed by atoms with Crippen LogP contribution in [0.4, 0.5) is 0 Å². The molecule has 1 N–H and O–H groups in total. The maximum atomic E-state index is 5.40. The Hall–Kier alpha value is -0.810. The van der Waals surface area contributed by atoms with Gasteiger partial charge in [-0.25, -0.2) is 0 Å². The Morgan fingerprint density at radius 2 is 1.89 bits per heavy atom. The summed E-state index contributed by atoms with van der Waals surface area (Å²) < 4.78 is 5.40. The molecule has 5 heteroatoms. The molecule has 1 unspecified atom stereocenters. The van der Waals surface area contributed by atoms with Crippen LogP contribution >= 0.6 is 0 Å². The van der Waals surface area contributed by atoms with E-state index >= 15 is 0 Å². The largest absolute Gasteiger partial charge is 0.379 e. The minimum atomic E-state index is 0.500. The molecule has 2 fully saturated rings. The van der Waals surface area contributed by atoms with Crippen LogP contribution in [0.3, 0.4) is 0 Å². The number of hydrogen-bond acceptors (Lipinski definition) is 3. The Morgan fingerprint density at radius 1 is 1.21 bits per heavy atom. The molecule has 2 aliphatic rings. The highest BCUT2D eigenvalue weighted by Gasteiger charge is 2.19. The maximum absolute atomic E-state index is 5.40. The van der Waals surface area contributed by atoms with Crippen molar-refractivity contribution in [2.75, 3.05) is 52.5 Å². The maximum Gasteiger partial charge on any atom is 0.193 e. The van der Waals surface area contributed by atoms with Gasteiger partial charge < -0.3 is 15.0 Å². The van der Waals surface area contributed by atoms with Gasteiger partial charge in [0.1, 0.15) is 0 Å². The lowest BCUT2D eigenvalue weighted by Gasteiger charge is -2.31. The summed E-state index contributed by atoms with van der Waals surface area (Å²) in [6, 6.07) is 0.500. The normalized spacial score (nSPS) is 23.7. The molecule has 2 saturated heterocycles. The zero-order valence-electron chi connectivity index (χ0n) is 12.4. The lowest BCUT2D eigenvalue weighted by atomic mass is 10.2. The van der Waals surface area contributed by atoms with Crippen LogP contribution in [0.15, 0.2) is 4.99 Å². The molecule has 19 heavy (non-hydrogen) atoms. The fraction of sp³-hybridized carbons (Fsp3) is 0.929. The van der Waals surface area contributed by atoms with Crippen molar-refractivity contribution in [3.05, 3.63) is 0 Å². The summed E-state index contributed by atoms with van der Waals surface area (Å²) in [4.78, 5) is 9.68. The molecule has 5 nitrogen and oxygen atoms in total. The summed E-state index contributed by atoms with van der Waals surface area (Å²) >= 11 is 0. The Morgan fingerprint density at radius 3 is 2.53 bits per heavy atom. The Kier molecular flexibility index (Phi) is 5.92. The number of hydrogen-bond donors (Lipinski definition) is 1. The predicted molar refractivity (Wildman–Crippen MR) is 78.6 cm³/mol. The fourth-order valence-corrected chi connectivity index (χ4v) is 2.71. The van der Waals surface area contributed by atoms with Crippen LogP contribution in [0.5, 0.6) is 0 Å². The van der Waals surface area contributed by atoms with E-state index in [-0.39, 0.29) is 0 Å². The van der Waals surface area contributed by atoms with Crippen molar-refractivity contribution in [2.24, 2.45) is 4.99 Å². The van der Waals surface area contributed by atoms with Crippen molar-refractivity contribution >= 4 is 5.96 Å². The molecule has 0 aromatic rings. The first kappa shape index (κ1) is 14.6. The van der Waals surface area contributed by atoms with Gasteiger partial charge in [0.2, 0.25) is 0 Å². The van der Waals surface area contributed by atoms with E-state index in [4.69, 9.17) is 9.73 Å². The average molecular weight is 268 g/mol. The summed E-state index contributed by atoms with van der Waals surface area (Å²) in [6.45, 7) is 12.3. The van der Waals surface area contributed by atoms with Crippen LogP contribution in [0.25, 0.3) is 0 Å². The Balaban J connectivity index is 1.85. The molecule has 0 radical (unpaired) electrons. The van der Waals surface area contributed by atoms with Gasteiger partial charge in [0.15, 0.2) is 5.96 Å². The lowest BCUT2D eigenvalue weighted by Crippen LogP contribution is -2.45. The first-order valence-corrected chi connectivity index (χ1v) is 7.66. The molecule has 1 atom stereocenters. The summed E-state index contributed by atoms with van der Waals surface area (Å²) in [7, 11) is 0. The third-order valence-corrected chi connectivity index (χ3v) is 3.91. The highest BCUT2D eigenvalue weighted by Crippen LogP contribution is 2.08. The third-order valence-electron chi connectivity index (χ3n) is 3.91. The molecule has 0 aromatic carbocycles. The predicted octanol–water partition coefficient (Wildman–Crippen LogP) is 0.768. The molecular weight excluding hydrogens is 240 g/mol. The standard InChI is InChI=1S/C14H28N4O/c1-3-15-14(18-6-4-5-7-18)16-12-13(2)17-8-10-19-11-9-17/h13H,3-12H2,1-2H3,(H,15,16). The number of nitrogens with zero attached hydrogens (tertiary/aromatic N) is 3. The van der Waals surface area contributed by atoms with Crippen LogP contribution in [-0.4, -0.2) is 74.3 Å². The monoisotopic (exact) mass is 268 g/mol. The molecule has 0 aliphatic carbocycles. The number of guanidine groups is 1. The molecule has 2 aliphatic heterocycles. The molecule has 110 valence electrons. The van der Waals surface area contributed by atoms with Gasteiger partial charge in [0, 0.05) is 38.8 Å².